The van der Waals surface area contributed by atoms with E-state index in [9.17, 15) is 9.59 Å². The number of aromatic nitrogens is 4. The predicted molar refractivity (Wildman–Crippen MR) is 157 cm³/mol. The lowest BCUT2D eigenvalue weighted by molar-refractivity contribution is 0.829. The van der Waals surface area contributed by atoms with Gasteiger partial charge in [0.15, 0.2) is 0 Å². The van der Waals surface area contributed by atoms with Gasteiger partial charge in [0.1, 0.15) is 0 Å². The lowest BCUT2D eigenvalue weighted by atomic mass is 10.2. The average Bonchev–Trinajstić information content (AvgIpc) is 3.36. The van der Waals surface area contributed by atoms with E-state index in [2.05, 4.69) is 20.2 Å². The number of aliphatic imine (C=N–C) groups is 2. The Morgan fingerprint density at radius 3 is 1.62 bits per heavy atom. The van der Waals surface area contributed by atoms with Crippen molar-refractivity contribution in [3.8, 4) is 11.4 Å². The summed E-state index contributed by atoms with van der Waals surface area (Å²) in [6.07, 6.45) is 3.17. The van der Waals surface area contributed by atoms with E-state index in [4.69, 9.17) is 0 Å². The first-order valence-electron chi connectivity index (χ1n) is 12.7. The van der Waals surface area contributed by atoms with Gasteiger partial charge < -0.3 is 0 Å². The lowest BCUT2D eigenvalue weighted by Gasteiger charge is -2.04. The summed E-state index contributed by atoms with van der Waals surface area (Å²) in [7, 11) is 0. The number of H-pyrrole nitrogens is 2. The second-order valence-electron chi connectivity index (χ2n) is 9.64. The molecule has 5 aromatic rings. The van der Waals surface area contributed by atoms with Gasteiger partial charge in [-0.25, -0.2) is 9.36 Å². The molecule has 0 amide bonds. The molecule has 0 radical (unpaired) electrons. The van der Waals surface area contributed by atoms with Gasteiger partial charge >= 0.3 is 0 Å². The molecule has 3 aromatic carbocycles. The highest BCUT2D eigenvalue weighted by Crippen LogP contribution is 2.25. The molecular formula is C31H30N6O2. The van der Waals surface area contributed by atoms with Crippen molar-refractivity contribution in [3.05, 3.63) is 127 Å². The molecule has 0 spiro atoms. The molecule has 0 atom stereocenters. The Balaban J connectivity index is 1.44. The maximum Gasteiger partial charge on any atom is 0.280 e. The Labute approximate surface area is 226 Å². The monoisotopic (exact) mass is 518 g/mol. The van der Waals surface area contributed by atoms with E-state index < -0.39 is 0 Å². The van der Waals surface area contributed by atoms with Gasteiger partial charge in [0.2, 0.25) is 0 Å². The number of aryl methyl sites for hydroxylation is 5. The average molecular weight is 519 g/mol. The van der Waals surface area contributed by atoms with Crippen molar-refractivity contribution in [1.82, 2.24) is 19.6 Å². The molecule has 0 aliphatic rings. The van der Waals surface area contributed by atoms with Crippen molar-refractivity contribution >= 4 is 23.8 Å². The van der Waals surface area contributed by atoms with Crippen LogP contribution in [0.25, 0.3) is 11.4 Å². The molecule has 0 unspecified atom stereocenters. The summed E-state index contributed by atoms with van der Waals surface area (Å²) >= 11 is 0. The zero-order valence-corrected chi connectivity index (χ0v) is 22.6. The van der Waals surface area contributed by atoms with Crippen molar-refractivity contribution in [2.24, 2.45) is 9.98 Å². The Morgan fingerprint density at radius 1 is 0.615 bits per heavy atom. The van der Waals surface area contributed by atoms with Crippen LogP contribution in [0.3, 0.4) is 0 Å². The third-order valence-corrected chi connectivity index (χ3v) is 6.81. The fraction of sp³-hybridized carbons (Fsp3) is 0.161. The molecule has 0 saturated carbocycles. The highest BCUT2D eigenvalue weighted by Gasteiger charge is 2.13. The molecule has 39 heavy (non-hydrogen) atoms. The third kappa shape index (κ3) is 4.96. The quantitative estimate of drug-likeness (QED) is 0.282. The normalized spacial score (nSPS) is 11.7. The lowest BCUT2D eigenvalue weighted by Crippen LogP contribution is -2.18. The van der Waals surface area contributed by atoms with Crippen LogP contribution in [0.15, 0.2) is 86.3 Å². The number of benzene rings is 3. The summed E-state index contributed by atoms with van der Waals surface area (Å²) in [6.45, 7) is 9.59. The zero-order valence-electron chi connectivity index (χ0n) is 22.6. The molecule has 0 bridgehead atoms. The topological polar surface area (TPSA) is 100 Å². The molecule has 2 N–H and O–H groups in total. The molecule has 8 nitrogen and oxygen atoms in total. The fourth-order valence-electron chi connectivity index (χ4n) is 4.48. The highest BCUT2D eigenvalue weighted by molar-refractivity contribution is 5.85. The number of hydrogen-bond donors (Lipinski definition) is 2. The van der Waals surface area contributed by atoms with E-state index in [1.165, 1.54) is 0 Å². The minimum atomic E-state index is -0.163. The van der Waals surface area contributed by atoms with Crippen LogP contribution in [0.2, 0.25) is 0 Å². The first-order chi connectivity index (χ1) is 18.7. The van der Waals surface area contributed by atoms with Crippen molar-refractivity contribution in [2.75, 3.05) is 0 Å². The molecule has 0 fully saturated rings. The summed E-state index contributed by atoms with van der Waals surface area (Å²) in [5.74, 6) is 0. The maximum absolute atomic E-state index is 13.1. The molecule has 5 rings (SSSR count). The van der Waals surface area contributed by atoms with Gasteiger partial charge in [0.25, 0.3) is 11.1 Å². The van der Waals surface area contributed by atoms with Crippen LogP contribution >= 0.6 is 0 Å². The van der Waals surface area contributed by atoms with Gasteiger partial charge in [-0.1, -0.05) is 42.5 Å². The molecule has 0 aliphatic carbocycles. The molecule has 2 heterocycles. The Kier molecular flexibility index (Phi) is 6.85. The van der Waals surface area contributed by atoms with Gasteiger partial charge in [-0.3, -0.25) is 29.8 Å². The first-order valence-corrected chi connectivity index (χ1v) is 12.7. The Hall–Kier alpha value is -4.98. The van der Waals surface area contributed by atoms with Gasteiger partial charge in [0, 0.05) is 23.8 Å². The summed E-state index contributed by atoms with van der Waals surface area (Å²) < 4.78 is 3.09. The third-order valence-electron chi connectivity index (χ3n) is 6.81. The predicted octanol–water partition coefficient (Wildman–Crippen LogP) is 5.69. The van der Waals surface area contributed by atoms with Gasteiger partial charge in [0.05, 0.1) is 33.9 Å². The smallest absolute Gasteiger partial charge is 0.280 e. The zero-order chi connectivity index (χ0) is 27.7. The highest BCUT2D eigenvalue weighted by atomic mass is 16.1. The minimum Gasteiger partial charge on any atom is -0.295 e. The number of para-hydroxylation sites is 2. The van der Waals surface area contributed by atoms with Crippen molar-refractivity contribution in [3.63, 3.8) is 0 Å². The summed E-state index contributed by atoms with van der Waals surface area (Å²) in [5.41, 5.74) is 7.99. The van der Waals surface area contributed by atoms with E-state index in [1.54, 1.807) is 21.8 Å². The molecular weight excluding hydrogens is 488 g/mol. The van der Waals surface area contributed by atoms with Crippen LogP contribution in [0, 0.1) is 34.6 Å². The Bertz CT molecular complexity index is 1860. The van der Waals surface area contributed by atoms with Crippen LogP contribution in [0.4, 0.5) is 11.4 Å². The van der Waals surface area contributed by atoms with E-state index in [0.29, 0.717) is 22.5 Å². The maximum atomic E-state index is 13.1. The van der Waals surface area contributed by atoms with Crippen LogP contribution in [0.1, 0.15) is 39.2 Å². The Morgan fingerprint density at radius 2 is 1.10 bits per heavy atom. The second-order valence-corrected chi connectivity index (χ2v) is 9.64. The number of nitrogens with zero attached hydrogens (tertiary/aromatic N) is 4. The standard InChI is InChI=1S/C31H30N6O2/c1-19-14-15-24(32-17-25-22(4)34-36(30(25)38)28-12-8-6-10-20(28)2)16-27(19)33-18-26-23(5)35-37(31(26)39)29-13-9-7-11-21(29)3/h6-18,34-35H,1-5H3. The van der Waals surface area contributed by atoms with Crippen LogP contribution < -0.4 is 11.1 Å². The van der Waals surface area contributed by atoms with Gasteiger partial charge in [-0.2, -0.15) is 0 Å². The molecule has 0 saturated heterocycles. The SMILES string of the molecule is Cc1ccc(N=Cc2c(C)[nH]n(-c3ccccc3C)c2=O)cc1N=Cc1c(C)[nH]n(-c2ccccc2C)c1=O. The van der Waals surface area contributed by atoms with Crippen LogP contribution in [-0.4, -0.2) is 32.0 Å². The van der Waals surface area contributed by atoms with E-state index in [0.717, 1.165) is 39.5 Å². The summed E-state index contributed by atoms with van der Waals surface area (Å²) in [5, 5.41) is 6.30. The number of nitrogens with one attached hydrogen (secondary N) is 2. The van der Waals surface area contributed by atoms with Crippen molar-refractivity contribution in [1.29, 1.82) is 0 Å². The summed E-state index contributed by atoms with van der Waals surface area (Å²) in [6, 6.07) is 21.1. The molecule has 196 valence electrons. The first kappa shape index (κ1) is 25.7. The second kappa shape index (κ2) is 10.4. The van der Waals surface area contributed by atoms with Crippen LogP contribution in [0.5, 0.6) is 0 Å². The van der Waals surface area contributed by atoms with E-state index in [-0.39, 0.29) is 11.1 Å². The van der Waals surface area contributed by atoms with Crippen molar-refractivity contribution in [2.45, 2.75) is 34.6 Å². The van der Waals surface area contributed by atoms with Crippen molar-refractivity contribution < 1.29 is 0 Å². The number of hydrogen-bond acceptors (Lipinski definition) is 4. The largest absolute Gasteiger partial charge is 0.295 e. The van der Waals surface area contributed by atoms with Crippen LogP contribution in [-0.2, 0) is 0 Å². The summed E-state index contributed by atoms with van der Waals surface area (Å²) in [4.78, 5) is 35.5. The molecule has 0 aliphatic heterocycles. The minimum absolute atomic E-state index is 0.162. The number of aromatic amines is 2. The van der Waals surface area contributed by atoms with Gasteiger partial charge in [-0.05, 0) is 75.6 Å². The van der Waals surface area contributed by atoms with Gasteiger partial charge in [-0.15, -0.1) is 0 Å². The number of rotatable bonds is 6. The molecule has 8 heteroatoms. The molecule has 2 aromatic heterocycles. The fourth-order valence-corrected chi connectivity index (χ4v) is 4.48. The van der Waals surface area contributed by atoms with E-state index in [1.807, 2.05) is 101 Å². The van der Waals surface area contributed by atoms with E-state index >= 15 is 0 Å².